The summed E-state index contributed by atoms with van der Waals surface area (Å²) in [5.41, 5.74) is 5.38. The number of carboxylic acids is 1. The van der Waals surface area contributed by atoms with E-state index < -0.39 is 11.6 Å². The van der Waals surface area contributed by atoms with Crippen molar-refractivity contribution in [3.8, 4) is 16.9 Å². The number of aliphatic hydroxyl groups is 1. The normalized spacial score (nSPS) is 12.7. The van der Waals surface area contributed by atoms with E-state index in [2.05, 4.69) is 18.2 Å². The molecule has 0 atom stereocenters. The first-order valence-corrected chi connectivity index (χ1v) is 11.7. The van der Waals surface area contributed by atoms with Gasteiger partial charge in [-0.3, -0.25) is 9.78 Å². The molecule has 0 unspecified atom stereocenters. The quantitative estimate of drug-likeness (QED) is 0.387. The monoisotopic (exact) mass is 457 g/mol. The molecule has 0 fully saturated rings. The summed E-state index contributed by atoms with van der Waals surface area (Å²) in [6.45, 7) is 8.21. The van der Waals surface area contributed by atoms with Crippen LogP contribution < -0.4 is 4.74 Å². The van der Waals surface area contributed by atoms with Crippen LogP contribution in [0.5, 0.6) is 5.75 Å². The molecule has 2 heterocycles. The molecule has 2 N–H and O–H groups in total. The summed E-state index contributed by atoms with van der Waals surface area (Å²) in [4.78, 5) is 16.3. The molecule has 176 valence electrons. The number of aromatic nitrogens is 1. The van der Waals surface area contributed by atoms with Crippen LogP contribution in [0.15, 0.2) is 54.7 Å². The highest BCUT2D eigenvalue weighted by Crippen LogP contribution is 2.42. The van der Waals surface area contributed by atoms with Crippen molar-refractivity contribution in [2.75, 3.05) is 6.61 Å². The third-order valence-corrected chi connectivity index (χ3v) is 6.41. The third kappa shape index (κ3) is 4.75. The fraction of sp³-hybridized carbons (Fsp3) is 0.310. The third-order valence-electron chi connectivity index (χ3n) is 6.41. The van der Waals surface area contributed by atoms with E-state index in [1.165, 1.54) is 5.56 Å². The number of ether oxygens (including phenoxy) is 1. The highest BCUT2D eigenvalue weighted by molar-refractivity contribution is 6.08. The summed E-state index contributed by atoms with van der Waals surface area (Å²) < 4.78 is 5.86. The number of pyridine rings is 1. The molecule has 4 aromatic rings. The number of fused-ring (bicyclic) bond motifs is 1. The van der Waals surface area contributed by atoms with E-state index in [1.54, 1.807) is 13.8 Å². The van der Waals surface area contributed by atoms with Gasteiger partial charge >= 0.3 is 5.97 Å². The van der Waals surface area contributed by atoms with Crippen LogP contribution >= 0.6 is 0 Å². The van der Waals surface area contributed by atoms with Crippen LogP contribution in [0.1, 0.15) is 43.9 Å². The van der Waals surface area contributed by atoms with Gasteiger partial charge in [-0.2, -0.15) is 0 Å². The predicted molar refractivity (Wildman–Crippen MR) is 137 cm³/mol. The summed E-state index contributed by atoms with van der Waals surface area (Å²) in [6.07, 6.45) is 3.50. The average molecular weight is 458 g/mol. The van der Waals surface area contributed by atoms with Gasteiger partial charge in [-0.25, -0.2) is 0 Å². The molecule has 5 rings (SSSR count). The van der Waals surface area contributed by atoms with Gasteiger partial charge in [0.25, 0.3) is 0 Å². The van der Waals surface area contributed by atoms with E-state index in [9.17, 15) is 9.90 Å². The van der Waals surface area contributed by atoms with E-state index in [1.807, 2.05) is 50.4 Å². The Morgan fingerprint density at radius 2 is 1.88 bits per heavy atom. The molecular weight excluding hydrogens is 426 g/mol. The predicted octanol–water partition coefficient (Wildman–Crippen LogP) is 6.09. The van der Waals surface area contributed by atoms with Gasteiger partial charge in [0.1, 0.15) is 5.75 Å². The van der Waals surface area contributed by atoms with Gasteiger partial charge in [0.15, 0.2) is 0 Å². The summed E-state index contributed by atoms with van der Waals surface area (Å²) in [5, 5.41) is 21.6. The Bertz CT molecular complexity index is 1360. The second-order valence-electron chi connectivity index (χ2n) is 9.41. The Kier molecular flexibility index (Phi) is 6.58. The Morgan fingerprint density at radius 3 is 2.59 bits per heavy atom. The number of carbonyl (C=O) groups is 1. The molecule has 1 aliphatic rings. The van der Waals surface area contributed by atoms with Crippen LogP contribution in [-0.4, -0.2) is 33.4 Å². The maximum Gasteiger partial charge on any atom is 0.307 e. The molecule has 3 aromatic carbocycles. The van der Waals surface area contributed by atoms with Gasteiger partial charge in [-0.05, 0) is 78.4 Å². The van der Waals surface area contributed by atoms with Gasteiger partial charge in [-0.15, -0.1) is 0 Å². The smallest absolute Gasteiger partial charge is 0.307 e. The first-order chi connectivity index (χ1) is 16.2. The molecule has 1 aromatic heterocycles. The number of carboxylic acid groups (broad SMARTS) is 1. The number of aliphatic carboxylic acids is 1. The van der Waals surface area contributed by atoms with Gasteiger partial charge in [0, 0.05) is 23.6 Å². The molecule has 1 aliphatic heterocycles. The highest BCUT2D eigenvalue weighted by atomic mass is 16.5. The lowest BCUT2D eigenvalue weighted by molar-refractivity contribution is -0.136. The van der Waals surface area contributed by atoms with Crippen LogP contribution in [0, 0.1) is 6.92 Å². The summed E-state index contributed by atoms with van der Waals surface area (Å²) in [6, 6.07) is 16.2. The zero-order chi connectivity index (χ0) is 24.5. The van der Waals surface area contributed by atoms with Crippen molar-refractivity contribution in [1.29, 1.82) is 0 Å². The fourth-order valence-corrected chi connectivity index (χ4v) is 4.32. The Labute approximate surface area is 200 Å². The summed E-state index contributed by atoms with van der Waals surface area (Å²) >= 11 is 0. The standard InChI is InChI=1S/C24H19NO3.C5H12O/c1-14-12-16-4-2-3-5-17(16)23(19(14)13-21(26)27)18-6-7-20-22-15(9-11-28-20)8-10-25-24(18)22;1-4-5(2,3)6/h2-8,10,12H,9,11,13H2,1H3,(H,26,27);6H,4H2,1-3H3. The van der Waals surface area contributed by atoms with Gasteiger partial charge < -0.3 is 14.9 Å². The van der Waals surface area contributed by atoms with E-state index in [0.717, 1.165) is 62.5 Å². The lowest BCUT2D eigenvalue weighted by Gasteiger charge is -2.21. The molecule has 5 heteroatoms. The molecule has 0 saturated carbocycles. The molecule has 34 heavy (non-hydrogen) atoms. The van der Waals surface area contributed by atoms with Crippen molar-refractivity contribution in [3.05, 3.63) is 71.4 Å². The Morgan fingerprint density at radius 1 is 1.15 bits per heavy atom. The summed E-state index contributed by atoms with van der Waals surface area (Å²) in [5.74, 6) is 0.0171. The van der Waals surface area contributed by atoms with Crippen molar-refractivity contribution < 1.29 is 19.7 Å². The second-order valence-corrected chi connectivity index (χ2v) is 9.41. The fourth-order valence-electron chi connectivity index (χ4n) is 4.32. The number of hydrogen-bond donors (Lipinski definition) is 2. The van der Waals surface area contributed by atoms with Crippen molar-refractivity contribution in [3.63, 3.8) is 0 Å². The lowest BCUT2D eigenvalue weighted by Crippen LogP contribution is -2.15. The highest BCUT2D eigenvalue weighted by Gasteiger charge is 2.21. The van der Waals surface area contributed by atoms with Crippen molar-refractivity contribution in [1.82, 2.24) is 4.98 Å². The van der Waals surface area contributed by atoms with Crippen molar-refractivity contribution in [2.24, 2.45) is 0 Å². The number of aryl methyl sites for hydroxylation is 1. The van der Waals surface area contributed by atoms with Crippen LogP contribution in [-0.2, 0) is 17.6 Å². The van der Waals surface area contributed by atoms with Crippen LogP contribution in [0.4, 0.5) is 0 Å². The van der Waals surface area contributed by atoms with Crippen LogP contribution in [0.3, 0.4) is 0 Å². The number of rotatable bonds is 4. The molecule has 0 amide bonds. The Balaban J connectivity index is 0.000000408. The number of benzene rings is 3. The first kappa shape index (κ1) is 23.7. The molecule has 0 saturated heterocycles. The zero-order valence-electron chi connectivity index (χ0n) is 20.2. The largest absolute Gasteiger partial charge is 0.493 e. The molecule has 0 radical (unpaired) electrons. The lowest BCUT2D eigenvalue weighted by atomic mass is 9.87. The first-order valence-electron chi connectivity index (χ1n) is 11.7. The average Bonchev–Trinajstić information content (AvgIpc) is 2.80. The van der Waals surface area contributed by atoms with Crippen LogP contribution in [0.2, 0.25) is 0 Å². The minimum Gasteiger partial charge on any atom is -0.493 e. The molecule has 0 aliphatic carbocycles. The van der Waals surface area contributed by atoms with Crippen molar-refractivity contribution in [2.45, 2.75) is 52.6 Å². The van der Waals surface area contributed by atoms with Gasteiger partial charge in [-0.1, -0.05) is 37.3 Å². The van der Waals surface area contributed by atoms with Gasteiger partial charge in [0.05, 0.1) is 24.1 Å². The van der Waals surface area contributed by atoms with E-state index >= 15 is 0 Å². The minimum atomic E-state index is -0.835. The topological polar surface area (TPSA) is 79.7 Å². The molecule has 5 nitrogen and oxygen atoms in total. The van der Waals surface area contributed by atoms with Crippen LogP contribution in [0.25, 0.3) is 32.8 Å². The molecular formula is C29H31NO4. The van der Waals surface area contributed by atoms with E-state index in [4.69, 9.17) is 14.8 Å². The maximum atomic E-state index is 11.6. The van der Waals surface area contributed by atoms with E-state index in [-0.39, 0.29) is 6.42 Å². The van der Waals surface area contributed by atoms with Crippen molar-refractivity contribution >= 4 is 27.6 Å². The Hall–Kier alpha value is -3.44. The molecule has 0 bridgehead atoms. The van der Waals surface area contributed by atoms with E-state index in [0.29, 0.717) is 6.61 Å². The summed E-state index contributed by atoms with van der Waals surface area (Å²) in [7, 11) is 0. The minimum absolute atomic E-state index is 0.0224. The number of nitrogens with zero attached hydrogens (tertiary/aromatic N) is 1. The maximum absolute atomic E-state index is 11.6. The SMILES string of the molecule is CCC(C)(C)O.Cc1cc2ccccc2c(-c2ccc3c4c(ccnc24)CCO3)c1CC(=O)O. The zero-order valence-corrected chi connectivity index (χ0v) is 20.2. The van der Waals surface area contributed by atoms with Gasteiger partial charge in [0.2, 0.25) is 0 Å². The number of hydrogen-bond acceptors (Lipinski definition) is 4. The second kappa shape index (κ2) is 9.43. The molecule has 0 spiro atoms.